The zero-order valence-electron chi connectivity index (χ0n) is 11.5. The number of nitrogens with zero attached hydrogens (tertiary/aromatic N) is 1. The lowest BCUT2D eigenvalue weighted by molar-refractivity contribution is -0.255. The predicted octanol–water partition coefficient (Wildman–Crippen LogP) is 1.03. The third-order valence-corrected chi connectivity index (χ3v) is 4.35. The standard InChI is InChI=1S/C15H12N2O4S/c1-10-5-6-12(15(18)19)8-14(10)17-22(20,21)13-4-2-3-11(7-13)9-16/h2-8,17H,1H3,(H,18,19)/p-1. The van der Waals surface area contributed by atoms with Crippen molar-refractivity contribution in [2.24, 2.45) is 0 Å². The normalized spacial score (nSPS) is 10.7. The van der Waals surface area contributed by atoms with Gasteiger partial charge >= 0.3 is 0 Å². The summed E-state index contributed by atoms with van der Waals surface area (Å²) < 4.78 is 27.0. The first-order valence-corrected chi connectivity index (χ1v) is 7.67. The molecule has 2 rings (SSSR count). The van der Waals surface area contributed by atoms with Crippen molar-refractivity contribution in [3.8, 4) is 6.07 Å². The Balaban J connectivity index is 2.43. The summed E-state index contributed by atoms with van der Waals surface area (Å²) >= 11 is 0. The van der Waals surface area contributed by atoms with E-state index >= 15 is 0 Å². The molecule has 1 N–H and O–H groups in total. The maximum Gasteiger partial charge on any atom is 0.261 e. The topological polar surface area (TPSA) is 110 Å². The van der Waals surface area contributed by atoms with E-state index in [4.69, 9.17) is 5.26 Å². The number of carboxylic acid groups (broad SMARTS) is 1. The number of anilines is 1. The smallest absolute Gasteiger partial charge is 0.261 e. The minimum atomic E-state index is -3.93. The SMILES string of the molecule is Cc1ccc(C(=O)[O-])cc1NS(=O)(=O)c1cccc(C#N)c1. The van der Waals surface area contributed by atoms with Crippen molar-refractivity contribution in [2.75, 3.05) is 4.72 Å². The van der Waals surface area contributed by atoms with E-state index in [0.29, 0.717) is 5.56 Å². The molecule has 112 valence electrons. The number of carbonyl (C=O) groups is 1. The molecule has 0 aliphatic carbocycles. The Hall–Kier alpha value is -2.85. The van der Waals surface area contributed by atoms with E-state index in [1.54, 1.807) is 6.92 Å². The van der Waals surface area contributed by atoms with Crippen LogP contribution >= 0.6 is 0 Å². The number of nitriles is 1. The Labute approximate surface area is 127 Å². The highest BCUT2D eigenvalue weighted by Crippen LogP contribution is 2.21. The summed E-state index contributed by atoms with van der Waals surface area (Å²) in [5, 5.41) is 19.7. The lowest BCUT2D eigenvalue weighted by Crippen LogP contribution is -2.22. The number of carboxylic acids is 1. The summed E-state index contributed by atoms with van der Waals surface area (Å²) in [6, 6.07) is 11.4. The lowest BCUT2D eigenvalue weighted by atomic mass is 10.1. The van der Waals surface area contributed by atoms with Gasteiger partial charge in [-0.3, -0.25) is 4.72 Å². The summed E-state index contributed by atoms with van der Waals surface area (Å²) in [5.74, 6) is -1.40. The lowest BCUT2D eigenvalue weighted by Gasteiger charge is -2.13. The second kappa shape index (κ2) is 5.87. The molecule has 0 unspecified atom stereocenters. The van der Waals surface area contributed by atoms with E-state index in [0.717, 1.165) is 0 Å². The van der Waals surface area contributed by atoms with Crippen LogP contribution in [0.4, 0.5) is 5.69 Å². The van der Waals surface area contributed by atoms with Gasteiger partial charge in [-0.05, 0) is 42.3 Å². The first-order valence-electron chi connectivity index (χ1n) is 6.18. The molecular formula is C15H11N2O4S-. The van der Waals surface area contributed by atoms with Gasteiger partial charge in [0.05, 0.1) is 28.2 Å². The molecule has 0 aromatic heterocycles. The molecule has 2 aromatic carbocycles. The number of rotatable bonds is 4. The molecule has 0 saturated heterocycles. The molecule has 0 fully saturated rings. The maximum absolute atomic E-state index is 12.3. The van der Waals surface area contributed by atoms with Crippen molar-refractivity contribution in [3.63, 3.8) is 0 Å². The van der Waals surface area contributed by atoms with Crippen LogP contribution in [-0.2, 0) is 10.0 Å². The predicted molar refractivity (Wildman–Crippen MR) is 77.5 cm³/mol. The van der Waals surface area contributed by atoms with E-state index in [9.17, 15) is 18.3 Å². The van der Waals surface area contributed by atoms with Crippen LogP contribution in [0.2, 0.25) is 0 Å². The van der Waals surface area contributed by atoms with E-state index < -0.39 is 16.0 Å². The zero-order valence-corrected chi connectivity index (χ0v) is 12.3. The summed E-state index contributed by atoms with van der Waals surface area (Å²) in [6.45, 7) is 1.64. The second-order valence-corrected chi connectivity index (χ2v) is 6.24. The molecule has 0 spiro atoms. The van der Waals surface area contributed by atoms with Crippen molar-refractivity contribution in [3.05, 3.63) is 59.2 Å². The summed E-state index contributed by atoms with van der Waals surface area (Å²) in [7, 11) is -3.93. The van der Waals surface area contributed by atoms with Gasteiger partial charge in [0, 0.05) is 0 Å². The molecule has 6 nitrogen and oxygen atoms in total. The molecule has 0 radical (unpaired) electrons. The van der Waals surface area contributed by atoms with Crippen molar-refractivity contribution in [2.45, 2.75) is 11.8 Å². The molecule has 0 saturated carbocycles. The van der Waals surface area contributed by atoms with Crippen LogP contribution in [0.5, 0.6) is 0 Å². The number of aryl methyl sites for hydroxylation is 1. The molecule has 0 aliphatic heterocycles. The van der Waals surface area contributed by atoms with Crippen LogP contribution in [0.1, 0.15) is 21.5 Å². The Kier molecular flexibility index (Phi) is 4.15. The Morgan fingerprint density at radius 3 is 2.59 bits per heavy atom. The summed E-state index contributed by atoms with van der Waals surface area (Å²) in [5.41, 5.74) is 0.784. The molecule has 0 heterocycles. The highest BCUT2D eigenvalue weighted by atomic mass is 32.2. The molecule has 0 amide bonds. The van der Waals surface area contributed by atoms with Gasteiger partial charge in [-0.25, -0.2) is 8.42 Å². The highest BCUT2D eigenvalue weighted by Gasteiger charge is 2.16. The fourth-order valence-electron chi connectivity index (χ4n) is 1.80. The molecule has 0 atom stereocenters. The number of nitrogens with one attached hydrogen (secondary N) is 1. The van der Waals surface area contributed by atoms with Gasteiger partial charge in [0.25, 0.3) is 10.0 Å². The third kappa shape index (κ3) is 3.24. The van der Waals surface area contributed by atoms with Crippen molar-refractivity contribution >= 4 is 21.7 Å². The number of sulfonamides is 1. The van der Waals surface area contributed by atoms with Crippen LogP contribution in [0.3, 0.4) is 0 Å². The molecule has 7 heteroatoms. The van der Waals surface area contributed by atoms with Gasteiger partial charge in [-0.15, -0.1) is 0 Å². The van der Waals surface area contributed by atoms with Crippen molar-refractivity contribution < 1.29 is 18.3 Å². The van der Waals surface area contributed by atoms with Crippen LogP contribution in [-0.4, -0.2) is 14.4 Å². The third-order valence-electron chi connectivity index (χ3n) is 2.99. The first kappa shape index (κ1) is 15.5. The number of benzene rings is 2. The van der Waals surface area contributed by atoms with Gasteiger partial charge in [-0.2, -0.15) is 5.26 Å². The fourth-order valence-corrected chi connectivity index (χ4v) is 2.96. The van der Waals surface area contributed by atoms with Crippen LogP contribution in [0.25, 0.3) is 0 Å². The summed E-state index contributed by atoms with van der Waals surface area (Å²) in [6.07, 6.45) is 0. The first-order chi connectivity index (χ1) is 10.3. The quantitative estimate of drug-likeness (QED) is 0.906. The molecular weight excluding hydrogens is 304 g/mol. The van der Waals surface area contributed by atoms with Crippen LogP contribution in [0.15, 0.2) is 47.4 Å². The second-order valence-electron chi connectivity index (χ2n) is 4.56. The molecule has 22 heavy (non-hydrogen) atoms. The zero-order chi connectivity index (χ0) is 16.3. The van der Waals surface area contributed by atoms with Gasteiger partial charge in [0.2, 0.25) is 0 Å². The minimum absolute atomic E-state index is 0.0789. The van der Waals surface area contributed by atoms with E-state index in [1.165, 1.54) is 42.5 Å². The summed E-state index contributed by atoms with van der Waals surface area (Å²) in [4.78, 5) is 10.8. The van der Waals surface area contributed by atoms with Crippen molar-refractivity contribution in [1.29, 1.82) is 5.26 Å². The minimum Gasteiger partial charge on any atom is -0.545 e. The average Bonchev–Trinajstić information content (AvgIpc) is 2.49. The van der Waals surface area contributed by atoms with Gasteiger partial charge < -0.3 is 9.90 Å². The van der Waals surface area contributed by atoms with E-state index in [2.05, 4.69) is 4.72 Å². The Morgan fingerprint density at radius 2 is 1.95 bits per heavy atom. The Bertz CT molecular complexity index is 883. The highest BCUT2D eigenvalue weighted by molar-refractivity contribution is 7.92. The monoisotopic (exact) mass is 315 g/mol. The molecule has 2 aromatic rings. The van der Waals surface area contributed by atoms with E-state index in [1.807, 2.05) is 6.07 Å². The number of hydrogen-bond donors (Lipinski definition) is 1. The van der Waals surface area contributed by atoms with Gasteiger partial charge in [0.15, 0.2) is 0 Å². The largest absolute Gasteiger partial charge is 0.545 e. The average molecular weight is 315 g/mol. The maximum atomic E-state index is 12.3. The van der Waals surface area contributed by atoms with Crippen LogP contribution < -0.4 is 9.83 Å². The number of aromatic carboxylic acids is 1. The van der Waals surface area contributed by atoms with E-state index in [-0.39, 0.29) is 21.7 Å². The van der Waals surface area contributed by atoms with Crippen molar-refractivity contribution in [1.82, 2.24) is 0 Å². The Morgan fingerprint density at radius 1 is 1.23 bits per heavy atom. The van der Waals surface area contributed by atoms with Gasteiger partial charge in [0.1, 0.15) is 0 Å². The van der Waals surface area contributed by atoms with Gasteiger partial charge in [-0.1, -0.05) is 18.2 Å². The number of carbonyl (C=O) groups excluding carboxylic acids is 1. The fraction of sp³-hybridized carbons (Fsp3) is 0.0667. The molecule has 0 aliphatic rings. The number of hydrogen-bond acceptors (Lipinski definition) is 5. The van der Waals surface area contributed by atoms with Crippen LogP contribution in [0, 0.1) is 18.3 Å². The molecule has 0 bridgehead atoms.